The average Bonchev–Trinajstić information content (AvgIpc) is 1.52. The van der Waals surface area contributed by atoms with Crippen LogP contribution in [0.3, 0.4) is 0 Å². The first-order valence-corrected chi connectivity index (χ1v) is 49.8. The second kappa shape index (κ2) is 34.7. The molecule has 0 spiro atoms. The molecular weight excluding hydrogens is 1800 g/mol. The summed E-state index contributed by atoms with van der Waals surface area (Å²) in [7, 11) is 0. The Morgan fingerprint density at radius 1 is 0.177 bits per heavy atom. The highest BCUT2D eigenvalue weighted by Crippen LogP contribution is 2.60. The highest BCUT2D eigenvalue weighted by Gasteiger charge is 2.47. The zero-order chi connectivity index (χ0) is 98.3. The van der Waals surface area contributed by atoms with Gasteiger partial charge in [-0.2, -0.15) is 0 Å². The molecule has 26 aromatic rings. The number of fused-ring (bicyclic) bond motifs is 21. The normalized spacial score (nSPS) is 13.1. The molecule has 147 heavy (non-hydrogen) atoms. The lowest BCUT2D eigenvalue weighted by molar-refractivity contribution is 0.623. The molecule has 0 radical (unpaired) electrons. The number of para-hydroxylation sites is 4. The fourth-order valence-electron chi connectivity index (χ4n) is 22.5. The molecule has 0 saturated carbocycles. The molecule has 698 valence electrons. The number of nitrogens with zero attached hydrogens (tertiary/aromatic N) is 12. The van der Waals surface area contributed by atoms with Crippen molar-refractivity contribution in [1.29, 1.82) is 0 Å². The molecule has 0 fully saturated rings. The van der Waals surface area contributed by atoms with Crippen molar-refractivity contribution in [2.75, 3.05) is 0 Å². The molecule has 3 aliphatic carbocycles. The van der Waals surface area contributed by atoms with E-state index in [2.05, 4.69) is 310 Å². The SMILES string of the molecule is CC1(C)c2ccc(-c3ccc(-c4nc(-c5ccccc5)nc(-c5ccccc5)n4)cc3)cc2-c2c1n(-c1ccccc1)c1c2oc2ccccc21.CC1(C)c2ccccc2-c2c1n(-c1ccc(-c3nc(-c4ccccc4)nc(-c4ccccc4)n3)cc1)c1c2oc2ccccc21.CC1(C)c2ccccc2-c2c1n(-c1ccccc1)c1c2oc2ccc(-c3ccc(-c4nc(-c5ccccc5)nc(-c5ccccc5)n4)cc3)cc21. The fourth-order valence-corrected chi connectivity index (χ4v) is 22.5. The Hall–Kier alpha value is -19.0. The summed E-state index contributed by atoms with van der Waals surface area (Å²) in [5.41, 5.74) is 39.4. The van der Waals surface area contributed by atoms with Gasteiger partial charge in [0, 0.05) is 133 Å². The van der Waals surface area contributed by atoms with Crippen molar-refractivity contribution < 1.29 is 13.3 Å². The largest absolute Gasteiger partial charge is 0.454 e. The van der Waals surface area contributed by atoms with Crippen molar-refractivity contribution in [3.63, 3.8) is 0 Å². The Balaban J connectivity index is 0.000000109. The lowest BCUT2D eigenvalue weighted by Gasteiger charge is -2.24. The van der Waals surface area contributed by atoms with Gasteiger partial charge in [0.2, 0.25) is 0 Å². The molecule has 29 rings (SSSR count). The van der Waals surface area contributed by atoms with E-state index in [1.807, 2.05) is 194 Å². The van der Waals surface area contributed by atoms with E-state index >= 15 is 0 Å². The second-order valence-corrected chi connectivity index (χ2v) is 39.4. The molecule has 0 N–H and O–H groups in total. The standard InChI is InChI=1S/2C46H32N4O.C40H28N4O/c1-46(2)37-27-26-33(28-36(37)39-41-40(35-20-12-13-21-38(35)51-41)50(42(39)46)34-18-10-5-11-19-34)29-22-24-32(25-23-29)45-48-43(30-14-6-3-7-15-30)47-44(49-45)31-16-8-4-9-17-31;1-46(2)37-21-13-12-20-35(37)39-41-40(50(42(39)46)34-18-10-5-11-19-34)36-28-33(26-27-38(36)51-41)29-22-24-32(25-23-29)45-48-43(30-14-6-3-7-15-30)47-44(49-45)31-16-8-4-9-17-31;1-40(2)31-19-11-9-17-29(31)33-35-34(30-18-10-12-20-32(30)45-35)44(36(33)40)28-23-21-27(22-24-28)39-42-37(25-13-5-3-6-14-25)41-38(43-39)26-15-7-4-8-16-26/h2*3-28H,1-2H3;3-24H,1-2H3. The first-order chi connectivity index (χ1) is 72.2. The molecule has 0 bridgehead atoms. The smallest absolute Gasteiger partial charge is 0.164 e. The minimum atomic E-state index is -0.239. The highest BCUT2D eigenvalue weighted by molar-refractivity contribution is 6.16. The van der Waals surface area contributed by atoms with Crippen LogP contribution in [0.5, 0.6) is 0 Å². The van der Waals surface area contributed by atoms with Crippen LogP contribution in [0.2, 0.25) is 0 Å². The maximum absolute atomic E-state index is 6.77. The van der Waals surface area contributed by atoms with Gasteiger partial charge in [0.1, 0.15) is 33.3 Å². The van der Waals surface area contributed by atoms with Crippen LogP contribution in [0.1, 0.15) is 75.3 Å². The van der Waals surface area contributed by atoms with E-state index in [-0.39, 0.29) is 16.2 Å². The van der Waals surface area contributed by atoms with Gasteiger partial charge in [-0.25, -0.2) is 44.9 Å². The molecule has 0 amide bonds. The number of furan rings is 3. The minimum Gasteiger partial charge on any atom is -0.454 e. The predicted molar refractivity (Wildman–Crippen MR) is 592 cm³/mol. The lowest BCUT2D eigenvalue weighted by Crippen LogP contribution is -2.19. The van der Waals surface area contributed by atoms with Crippen LogP contribution >= 0.6 is 0 Å². The van der Waals surface area contributed by atoms with Crippen molar-refractivity contribution >= 4 is 66.2 Å². The zero-order valence-corrected chi connectivity index (χ0v) is 81.3. The van der Waals surface area contributed by atoms with Crippen LogP contribution < -0.4 is 0 Å². The van der Waals surface area contributed by atoms with Crippen molar-refractivity contribution in [1.82, 2.24) is 58.6 Å². The summed E-state index contributed by atoms with van der Waals surface area (Å²) in [6.07, 6.45) is 0. The lowest BCUT2D eigenvalue weighted by atomic mass is 9.84. The van der Waals surface area contributed by atoms with E-state index in [0.717, 1.165) is 156 Å². The number of benzene rings is 17. The molecule has 0 saturated heterocycles. The Kier molecular flexibility index (Phi) is 20.6. The topological polar surface area (TPSA) is 170 Å². The van der Waals surface area contributed by atoms with Gasteiger partial charge in [0.15, 0.2) is 69.2 Å². The highest BCUT2D eigenvalue weighted by atomic mass is 16.3. The van der Waals surface area contributed by atoms with Crippen molar-refractivity contribution in [2.24, 2.45) is 0 Å². The summed E-state index contributed by atoms with van der Waals surface area (Å²) in [4.78, 5) is 44.1. The van der Waals surface area contributed by atoms with Gasteiger partial charge < -0.3 is 27.0 Å². The average molecular weight is 1890 g/mol. The summed E-state index contributed by atoms with van der Waals surface area (Å²) < 4.78 is 27.3. The molecule has 3 aliphatic rings. The van der Waals surface area contributed by atoms with Crippen LogP contribution in [0.15, 0.2) is 462 Å². The van der Waals surface area contributed by atoms with E-state index in [9.17, 15) is 0 Å². The Bertz CT molecular complexity index is 9460. The van der Waals surface area contributed by atoms with E-state index < -0.39 is 0 Å². The number of hydrogen-bond acceptors (Lipinski definition) is 12. The third-order valence-corrected chi connectivity index (χ3v) is 29.5. The molecule has 0 aliphatic heterocycles. The van der Waals surface area contributed by atoms with Crippen molar-refractivity contribution in [3.05, 3.63) is 483 Å². The Morgan fingerprint density at radius 3 is 0.735 bits per heavy atom. The van der Waals surface area contributed by atoms with E-state index in [0.29, 0.717) is 52.4 Å². The fraction of sp³-hybridized carbons (Fsp3) is 0.0682. The summed E-state index contributed by atoms with van der Waals surface area (Å²) >= 11 is 0. The van der Waals surface area contributed by atoms with Gasteiger partial charge in [0.25, 0.3) is 0 Å². The van der Waals surface area contributed by atoms with Crippen molar-refractivity contribution in [3.8, 4) is 175 Å². The zero-order valence-electron chi connectivity index (χ0n) is 81.3. The summed E-state index contributed by atoms with van der Waals surface area (Å²) in [5, 5.41) is 3.33. The van der Waals surface area contributed by atoms with E-state index in [1.54, 1.807) is 0 Å². The van der Waals surface area contributed by atoms with Gasteiger partial charge in [-0.15, -0.1) is 0 Å². The molecule has 0 unspecified atom stereocenters. The van der Waals surface area contributed by atoms with Gasteiger partial charge in [-0.05, 0) is 147 Å². The van der Waals surface area contributed by atoms with Gasteiger partial charge in [-0.1, -0.05) is 399 Å². The summed E-state index contributed by atoms with van der Waals surface area (Å²) in [6.45, 7) is 13.9. The number of rotatable bonds is 14. The number of hydrogen-bond donors (Lipinski definition) is 0. The quantitative estimate of drug-likeness (QED) is 0.101. The van der Waals surface area contributed by atoms with Gasteiger partial charge >= 0.3 is 0 Å². The number of aromatic nitrogens is 12. The van der Waals surface area contributed by atoms with E-state index in [4.69, 9.17) is 58.1 Å². The predicted octanol–water partition coefficient (Wildman–Crippen LogP) is 32.9. The molecule has 15 heteroatoms. The van der Waals surface area contributed by atoms with Crippen LogP contribution in [0, 0.1) is 0 Å². The second-order valence-electron chi connectivity index (χ2n) is 39.4. The minimum absolute atomic E-state index is 0.196. The van der Waals surface area contributed by atoms with Crippen LogP contribution in [0.4, 0.5) is 0 Å². The molecule has 17 aromatic carbocycles. The maximum Gasteiger partial charge on any atom is 0.164 e. The molecular formula is C132H92N12O3. The van der Waals surface area contributed by atoms with Crippen molar-refractivity contribution in [2.45, 2.75) is 57.8 Å². The summed E-state index contributed by atoms with van der Waals surface area (Å²) in [5.74, 6) is 5.83. The third kappa shape index (κ3) is 14.6. The van der Waals surface area contributed by atoms with Crippen LogP contribution in [-0.2, 0) is 16.2 Å². The third-order valence-electron chi connectivity index (χ3n) is 29.5. The maximum atomic E-state index is 6.77. The molecule has 9 aromatic heterocycles. The van der Waals surface area contributed by atoms with E-state index in [1.165, 1.54) is 67.2 Å². The monoisotopic (exact) mass is 1890 g/mol. The molecule has 15 nitrogen and oxygen atoms in total. The molecule has 0 atom stereocenters. The van der Waals surface area contributed by atoms with Gasteiger partial charge in [-0.3, -0.25) is 0 Å². The van der Waals surface area contributed by atoms with Gasteiger partial charge in [0.05, 0.1) is 0 Å². The first-order valence-electron chi connectivity index (χ1n) is 49.8. The first kappa shape index (κ1) is 87.1. The Morgan fingerprint density at radius 2 is 0.401 bits per heavy atom. The Labute approximate surface area is 848 Å². The summed E-state index contributed by atoms with van der Waals surface area (Å²) in [6, 6.07) is 155. The van der Waals surface area contributed by atoms with Crippen LogP contribution in [-0.4, -0.2) is 58.6 Å². The molecule has 9 heterocycles. The van der Waals surface area contributed by atoms with Crippen LogP contribution in [0.25, 0.3) is 241 Å².